The smallest absolute Gasteiger partial charge is 0.243 e. The third-order valence-corrected chi connectivity index (χ3v) is 4.14. The lowest BCUT2D eigenvalue weighted by Crippen LogP contribution is -2.47. The van der Waals surface area contributed by atoms with E-state index in [1.165, 1.54) is 0 Å². The third-order valence-electron chi connectivity index (χ3n) is 2.90. The van der Waals surface area contributed by atoms with Crippen molar-refractivity contribution in [3.05, 3.63) is 29.3 Å². The summed E-state index contributed by atoms with van der Waals surface area (Å²) >= 11 is 0. The quantitative estimate of drug-likeness (QED) is 0.898. The van der Waals surface area contributed by atoms with Crippen molar-refractivity contribution in [2.24, 2.45) is 0 Å². The molecule has 0 heterocycles. The second kappa shape index (κ2) is 6.26. The first-order valence-electron chi connectivity index (χ1n) is 6.52. The van der Waals surface area contributed by atoms with E-state index in [0.717, 1.165) is 21.7 Å². The molecule has 0 spiro atoms. The van der Waals surface area contributed by atoms with Gasteiger partial charge in [-0.2, -0.15) is 0 Å². The summed E-state index contributed by atoms with van der Waals surface area (Å²) < 4.78 is 25.3. The predicted octanol–water partition coefficient (Wildman–Crippen LogP) is 1.59. The van der Waals surface area contributed by atoms with E-state index in [1.54, 1.807) is 26.0 Å². The Morgan fingerprint density at radius 3 is 2.15 bits per heavy atom. The van der Waals surface area contributed by atoms with Crippen molar-refractivity contribution in [1.29, 1.82) is 0 Å². The van der Waals surface area contributed by atoms with Gasteiger partial charge in [-0.3, -0.25) is 9.10 Å². The molecule has 1 atom stereocenters. The van der Waals surface area contributed by atoms with Crippen molar-refractivity contribution >= 4 is 21.6 Å². The highest BCUT2D eigenvalue weighted by Gasteiger charge is 2.28. The largest absolute Gasteiger partial charge is 0.355 e. The Hall–Kier alpha value is -1.56. The number of sulfonamides is 1. The molecule has 0 saturated carbocycles. The second-order valence-electron chi connectivity index (χ2n) is 4.98. The van der Waals surface area contributed by atoms with E-state index in [4.69, 9.17) is 0 Å². The monoisotopic (exact) mass is 298 g/mol. The van der Waals surface area contributed by atoms with Crippen molar-refractivity contribution in [2.45, 2.75) is 33.7 Å². The molecular formula is C14H22N2O3S. The zero-order valence-corrected chi connectivity index (χ0v) is 13.4. The van der Waals surface area contributed by atoms with Crippen molar-refractivity contribution in [1.82, 2.24) is 5.32 Å². The number of hydrogen-bond donors (Lipinski definition) is 1. The maximum atomic E-state index is 12.1. The zero-order valence-electron chi connectivity index (χ0n) is 12.6. The minimum Gasteiger partial charge on any atom is -0.355 e. The molecular weight excluding hydrogens is 276 g/mol. The summed E-state index contributed by atoms with van der Waals surface area (Å²) in [5.74, 6) is -0.308. The van der Waals surface area contributed by atoms with Crippen LogP contribution in [0.25, 0.3) is 0 Å². The molecule has 0 fully saturated rings. The zero-order chi connectivity index (χ0) is 15.5. The van der Waals surface area contributed by atoms with Crippen LogP contribution in [0.2, 0.25) is 0 Å². The molecule has 0 aliphatic carbocycles. The number of likely N-dealkylation sites (N-methyl/N-ethyl adjacent to an activating group) is 1. The molecule has 1 amide bonds. The lowest BCUT2D eigenvalue weighted by molar-refractivity contribution is -0.121. The molecule has 0 saturated heterocycles. The van der Waals surface area contributed by atoms with E-state index in [1.807, 2.05) is 19.9 Å². The number of anilines is 1. The summed E-state index contributed by atoms with van der Waals surface area (Å²) in [6, 6.07) is 4.71. The lowest BCUT2D eigenvalue weighted by Gasteiger charge is -2.28. The fourth-order valence-corrected chi connectivity index (χ4v) is 3.37. The molecule has 0 aliphatic heterocycles. The van der Waals surface area contributed by atoms with Gasteiger partial charge in [-0.15, -0.1) is 0 Å². The summed E-state index contributed by atoms with van der Waals surface area (Å²) in [5.41, 5.74) is 2.43. The maximum absolute atomic E-state index is 12.1. The maximum Gasteiger partial charge on any atom is 0.243 e. The molecule has 1 aromatic rings. The van der Waals surface area contributed by atoms with E-state index in [0.29, 0.717) is 12.2 Å². The molecule has 0 aliphatic rings. The van der Waals surface area contributed by atoms with Crippen LogP contribution in [-0.2, 0) is 14.8 Å². The van der Waals surface area contributed by atoms with E-state index < -0.39 is 16.1 Å². The van der Waals surface area contributed by atoms with Gasteiger partial charge in [0.15, 0.2) is 0 Å². The Kier molecular flexibility index (Phi) is 5.16. The van der Waals surface area contributed by atoms with Crippen LogP contribution in [0.15, 0.2) is 18.2 Å². The van der Waals surface area contributed by atoms with Gasteiger partial charge in [0.1, 0.15) is 6.04 Å². The average Bonchev–Trinajstić information content (AvgIpc) is 2.25. The molecule has 1 rings (SSSR count). The Morgan fingerprint density at radius 2 is 1.75 bits per heavy atom. The van der Waals surface area contributed by atoms with Gasteiger partial charge in [-0.05, 0) is 51.0 Å². The topological polar surface area (TPSA) is 66.5 Å². The van der Waals surface area contributed by atoms with Crippen LogP contribution < -0.4 is 9.62 Å². The summed E-state index contributed by atoms with van der Waals surface area (Å²) in [5, 5.41) is 2.65. The molecule has 5 nitrogen and oxygen atoms in total. The normalized spacial score (nSPS) is 12.8. The third kappa shape index (κ3) is 3.96. The molecule has 0 aromatic heterocycles. The van der Waals surface area contributed by atoms with Crippen LogP contribution >= 0.6 is 0 Å². The van der Waals surface area contributed by atoms with Crippen LogP contribution in [0, 0.1) is 13.8 Å². The van der Waals surface area contributed by atoms with Gasteiger partial charge in [-0.1, -0.05) is 6.07 Å². The van der Waals surface area contributed by atoms with Crippen LogP contribution in [0.1, 0.15) is 25.0 Å². The Balaban J connectivity index is 3.30. The SMILES string of the molecule is CCNC(=O)[C@H](C)N(c1cc(C)cc(C)c1)S(C)(=O)=O. The Labute approximate surface area is 121 Å². The van der Waals surface area contributed by atoms with Gasteiger partial charge in [0, 0.05) is 6.54 Å². The number of carbonyl (C=O) groups excluding carboxylic acids is 1. The van der Waals surface area contributed by atoms with E-state index in [-0.39, 0.29) is 5.91 Å². The number of nitrogens with one attached hydrogen (secondary N) is 1. The minimum absolute atomic E-state index is 0.308. The average molecular weight is 298 g/mol. The standard InChI is InChI=1S/C14H22N2O3S/c1-6-15-14(17)12(4)16(20(5,18)19)13-8-10(2)7-11(3)9-13/h7-9,12H,6H2,1-5H3,(H,15,17)/t12-/m0/s1. The number of rotatable bonds is 5. The number of hydrogen-bond acceptors (Lipinski definition) is 3. The van der Waals surface area contributed by atoms with Gasteiger partial charge in [-0.25, -0.2) is 8.42 Å². The summed E-state index contributed by atoms with van der Waals surface area (Å²) in [6.07, 6.45) is 1.11. The molecule has 0 radical (unpaired) electrons. The lowest BCUT2D eigenvalue weighted by atomic mass is 10.1. The number of benzene rings is 1. The highest BCUT2D eigenvalue weighted by molar-refractivity contribution is 7.92. The van der Waals surface area contributed by atoms with Crippen molar-refractivity contribution in [3.63, 3.8) is 0 Å². The molecule has 1 N–H and O–H groups in total. The number of amides is 1. The number of carbonyl (C=O) groups is 1. The summed E-state index contributed by atoms with van der Waals surface area (Å²) in [4.78, 5) is 12.0. The molecule has 112 valence electrons. The van der Waals surface area contributed by atoms with Gasteiger partial charge >= 0.3 is 0 Å². The van der Waals surface area contributed by atoms with Gasteiger partial charge < -0.3 is 5.32 Å². The first kappa shape index (κ1) is 16.5. The van der Waals surface area contributed by atoms with Gasteiger partial charge in [0.05, 0.1) is 11.9 Å². The Morgan fingerprint density at radius 1 is 1.25 bits per heavy atom. The van der Waals surface area contributed by atoms with Crippen LogP contribution in [0.5, 0.6) is 0 Å². The van der Waals surface area contributed by atoms with Crippen LogP contribution in [0.3, 0.4) is 0 Å². The van der Waals surface area contributed by atoms with Gasteiger partial charge in [0.25, 0.3) is 0 Å². The predicted molar refractivity (Wildman–Crippen MR) is 81.4 cm³/mol. The van der Waals surface area contributed by atoms with Crippen molar-refractivity contribution in [2.75, 3.05) is 17.1 Å². The second-order valence-corrected chi connectivity index (χ2v) is 6.83. The minimum atomic E-state index is -3.54. The Bertz CT molecular complexity index is 576. The first-order valence-corrected chi connectivity index (χ1v) is 8.37. The fraction of sp³-hybridized carbons (Fsp3) is 0.500. The highest BCUT2D eigenvalue weighted by Crippen LogP contribution is 2.23. The first-order chi connectivity index (χ1) is 9.16. The molecule has 1 aromatic carbocycles. The number of aryl methyl sites for hydroxylation is 2. The van der Waals surface area contributed by atoms with E-state index in [2.05, 4.69) is 5.32 Å². The van der Waals surface area contributed by atoms with Crippen molar-refractivity contribution < 1.29 is 13.2 Å². The fourth-order valence-electron chi connectivity index (χ4n) is 2.21. The molecule has 20 heavy (non-hydrogen) atoms. The summed E-state index contributed by atoms with van der Waals surface area (Å²) in [7, 11) is -3.54. The number of nitrogens with zero attached hydrogens (tertiary/aromatic N) is 1. The van der Waals surface area contributed by atoms with E-state index >= 15 is 0 Å². The molecule has 0 bridgehead atoms. The van der Waals surface area contributed by atoms with Crippen molar-refractivity contribution in [3.8, 4) is 0 Å². The van der Waals surface area contributed by atoms with Crippen LogP contribution in [0.4, 0.5) is 5.69 Å². The van der Waals surface area contributed by atoms with Gasteiger partial charge in [0.2, 0.25) is 15.9 Å². The highest BCUT2D eigenvalue weighted by atomic mass is 32.2. The van der Waals surface area contributed by atoms with Crippen LogP contribution in [-0.4, -0.2) is 33.2 Å². The molecule has 6 heteroatoms. The molecule has 0 unspecified atom stereocenters. The summed E-state index contributed by atoms with van der Waals surface area (Å²) in [6.45, 7) is 7.64. The van der Waals surface area contributed by atoms with E-state index in [9.17, 15) is 13.2 Å².